The highest BCUT2D eigenvalue weighted by atomic mass is 32.2. The molecule has 19 heavy (non-hydrogen) atoms. The molecule has 1 aromatic carbocycles. The number of hydrazone groups is 1. The number of benzene rings is 1. The number of hydrogen-bond donors (Lipinski definition) is 1. The molecular weight excluding hydrogens is 272 g/mol. The van der Waals surface area contributed by atoms with E-state index in [1.54, 1.807) is 18.0 Å². The monoisotopic (exact) mass is 284 g/mol. The number of nitrogens with zero attached hydrogens (tertiary/aromatic N) is 3. The van der Waals surface area contributed by atoms with Crippen molar-refractivity contribution in [2.75, 3.05) is 11.7 Å². The van der Waals surface area contributed by atoms with Crippen molar-refractivity contribution < 1.29 is 9.85 Å². The minimum atomic E-state index is -0.692. The van der Waals surface area contributed by atoms with Gasteiger partial charge in [-0.2, -0.15) is 16.9 Å². The Morgan fingerprint density at radius 3 is 2.58 bits per heavy atom. The number of nitro benzene ring substituents is 2. The highest BCUT2D eigenvalue weighted by Gasteiger charge is 2.18. The molecule has 1 N–H and O–H groups in total. The van der Waals surface area contributed by atoms with Crippen molar-refractivity contribution in [3.63, 3.8) is 0 Å². The van der Waals surface area contributed by atoms with Crippen molar-refractivity contribution in [2.45, 2.75) is 12.2 Å². The lowest BCUT2D eigenvalue weighted by molar-refractivity contribution is -0.393. The molecule has 0 saturated carbocycles. The maximum Gasteiger partial charge on any atom is 0.301 e. The SMILES string of the molecule is CSC(C)/C=N/Nc1ccc([N+](=O)[O-])cc1[N+](=O)[O-]. The van der Waals surface area contributed by atoms with Gasteiger partial charge >= 0.3 is 5.69 Å². The fourth-order valence-electron chi connectivity index (χ4n) is 1.15. The van der Waals surface area contributed by atoms with Crippen molar-refractivity contribution in [2.24, 2.45) is 5.10 Å². The van der Waals surface area contributed by atoms with Crippen molar-refractivity contribution in [1.29, 1.82) is 0 Å². The zero-order valence-corrected chi connectivity index (χ0v) is 11.1. The van der Waals surface area contributed by atoms with E-state index in [0.717, 1.165) is 6.07 Å². The maximum atomic E-state index is 10.8. The first kappa shape index (κ1) is 14.9. The van der Waals surface area contributed by atoms with Crippen LogP contribution in [0.3, 0.4) is 0 Å². The van der Waals surface area contributed by atoms with Crippen LogP contribution in [0, 0.1) is 20.2 Å². The van der Waals surface area contributed by atoms with Crippen molar-refractivity contribution in [3.05, 3.63) is 38.4 Å². The van der Waals surface area contributed by atoms with Gasteiger partial charge in [0.15, 0.2) is 0 Å². The molecule has 0 aliphatic rings. The zero-order valence-electron chi connectivity index (χ0n) is 10.3. The largest absolute Gasteiger partial charge is 0.301 e. The summed E-state index contributed by atoms with van der Waals surface area (Å²) in [5.74, 6) is 0. The number of rotatable bonds is 6. The van der Waals surface area contributed by atoms with E-state index in [1.165, 1.54) is 12.1 Å². The van der Waals surface area contributed by atoms with Gasteiger partial charge in [-0.25, -0.2) is 0 Å². The van der Waals surface area contributed by atoms with Crippen LogP contribution < -0.4 is 5.43 Å². The summed E-state index contributed by atoms with van der Waals surface area (Å²) in [5.41, 5.74) is 1.91. The van der Waals surface area contributed by atoms with Gasteiger partial charge in [0.2, 0.25) is 0 Å². The van der Waals surface area contributed by atoms with Crippen LogP contribution in [0.5, 0.6) is 0 Å². The fourth-order valence-corrected chi connectivity index (χ4v) is 1.33. The van der Waals surface area contributed by atoms with Crippen LogP contribution in [0.25, 0.3) is 0 Å². The van der Waals surface area contributed by atoms with E-state index in [-0.39, 0.29) is 22.3 Å². The summed E-state index contributed by atoms with van der Waals surface area (Å²) < 4.78 is 0. The number of thioether (sulfide) groups is 1. The molecule has 0 amide bonds. The van der Waals surface area contributed by atoms with E-state index < -0.39 is 9.85 Å². The Hall–Kier alpha value is -2.16. The van der Waals surface area contributed by atoms with Gasteiger partial charge < -0.3 is 0 Å². The van der Waals surface area contributed by atoms with Gasteiger partial charge in [0, 0.05) is 17.5 Å². The first-order chi connectivity index (χ1) is 8.95. The minimum Gasteiger partial charge on any atom is -0.272 e. The minimum absolute atomic E-state index is 0.111. The average Bonchev–Trinajstić information content (AvgIpc) is 2.38. The van der Waals surface area contributed by atoms with Gasteiger partial charge in [-0.05, 0) is 19.2 Å². The molecule has 0 spiro atoms. The lowest BCUT2D eigenvalue weighted by Crippen LogP contribution is -2.01. The molecule has 102 valence electrons. The van der Waals surface area contributed by atoms with Gasteiger partial charge in [0.25, 0.3) is 5.69 Å². The van der Waals surface area contributed by atoms with Crippen LogP contribution in [0.2, 0.25) is 0 Å². The molecule has 1 aromatic rings. The average molecular weight is 284 g/mol. The molecule has 0 aliphatic carbocycles. The summed E-state index contributed by atoms with van der Waals surface area (Å²) in [6.45, 7) is 1.92. The second kappa shape index (κ2) is 6.69. The second-order valence-corrected chi connectivity index (χ2v) is 4.76. The Balaban J connectivity index is 2.97. The zero-order chi connectivity index (χ0) is 14.4. The molecule has 0 radical (unpaired) electrons. The molecule has 1 unspecified atom stereocenters. The molecule has 0 saturated heterocycles. The Morgan fingerprint density at radius 1 is 1.37 bits per heavy atom. The van der Waals surface area contributed by atoms with Gasteiger partial charge in [-0.15, -0.1) is 0 Å². The number of nitro groups is 2. The third-order valence-corrected chi connectivity index (χ3v) is 3.10. The van der Waals surface area contributed by atoms with Gasteiger partial charge in [-0.3, -0.25) is 25.7 Å². The Bertz CT molecular complexity index is 520. The topological polar surface area (TPSA) is 111 Å². The molecule has 0 aliphatic heterocycles. The maximum absolute atomic E-state index is 10.8. The van der Waals surface area contributed by atoms with Gasteiger partial charge in [-0.1, -0.05) is 0 Å². The summed E-state index contributed by atoms with van der Waals surface area (Å²) in [6.07, 6.45) is 3.50. The molecule has 1 atom stereocenters. The molecular formula is C10H12N4O4S. The number of non-ortho nitro benzene ring substituents is 1. The highest BCUT2D eigenvalue weighted by Crippen LogP contribution is 2.28. The quantitative estimate of drug-likeness (QED) is 0.488. The third-order valence-electron chi connectivity index (χ3n) is 2.23. The number of nitrogens with one attached hydrogen (secondary N) is 1. The van der Waals surface area contributed by atoms with E-state index in [1.807, 2.05) is 13.2 Å². The lowest BCUT2D eigenvalue weighted by atomic mass is 10.2. The Labute approximate surface area is 113 Å². The Kier molecular flexibility index (Phi) is 5.24. The summed E-state index contributed by atoms with van der Waals surface area (Å²) in [4.78, 5) is 20.0. The van der Waals surface area contributed by atoms with E-state index in [4.69, 9.17) is 0 Å². The van der Waals surface area contributed by atoms with E-state index in [2.05, 4.69) is 10.5 Å². The van der Waals surface area contributed by atoms with Crippen molar-refractivity contribution in [3.8, 4) is 0 Å². The van der Waals surface area contributed by atoms with Crippen LogP contribution in [0.1, 0.15) is 6.92 Å². The fraction of sp³-hybridized carbons (Fsp3) is 0.300. The van der Waals surface area contributed by atoms with Crippen LogP contribution in [-0.4, -0.2) is 27.6 Å². The number of hydrogen-bond acceptors (Lipinski definition) is 7. The van der Waals surface area contributed by atoms with Gasteiger partial charge in [0.1, 0.15) is 5.69 Å². The molecule has 1 rings (SSSR count). The first-order valence-corrected chi connectivity index (χ1v) is 6.49. The standard InChI is InChI=1S/C10H12N4O4S/c1-7(19-2)6-11-12-9-4-3-8(13(15)16)5-10(9)14(17)18/h3-7,12H,1-2H3/b11-6+. The van der Waals surface area contributed by atoms with E-state index in [9.17, 15) is 20.2 Å². The number of anilines is 1. The second-order valence-electron chi connectivity index (χ2n) is 3.55. The summed E-state index contributed by atoms with van der Waals surface area (Å²) in [7, 11) is 0. The summed E-state index contributed by atoms with van der Waals surface area (Å²) >= 11 is 1.56. The highest BCUT2D eigenvalue weighted by molar-refractivity contribution is 7.99. The summed E-state index contributed by atoms with van der Waals surface area (Å²) in [6, 6.07) is 3.34. The molecule has 9 heteroatoms. The van der Waals surface area contributed by atoms with Crippen molar-refractivity contribution >= 4 is 35.0 Å². The Morgan fingerprint density at radius 2 is 2.05 bits per heavy atom. The normalized spacial score (nSPS) is 12.3. The predicted octanol–water partition coefficient (Wildman–Crippen LogP) is 2.65. The molecule has 0 bridgehead atoms. The van der Waals surface area contributed by atoms with Gasteiger partial charge in [0.05, 0.1) is 15.9 Å². The molecule has 0 fully saturated rings. The third kappa shape index (κ3) is 4.21. The molecule has 8 nitrogen and oxygen atoms in total. The van der Waals surface area contributed by atoms with Crippen LogP contribution in [-0.2, 0) is 0 Å². The predicted molar refractivity (Wildman–Crippen MR) is 74.8 cm³/mol. The van der Waals surface area contributed by atoms with Crippen LogP contribution in [0.4, 0.5) is 17.1 Å². The molecule has 0 heterocycles. The first-order valence-electron chi connectivity index (χ1n) is 5.20. The molecule has 0 aromatic heterocycles. The lowest BCUT2D eigenvalue weighted by Gasteiger charge is -2.03. The summed E-state index contributed by atoms with van der Waals surface area (Å²) in [5, 5.41) is 25.4. The van der Waals surface area contributed by atoms with E-state index in [0.29, 0.717) is 0 Å². The smallest absolute Gasteiger partial charge is 0.272 e. The van der Waals surface area contributed by atoms with E-state index >= 15 is 0 Å². The van der Waals surface area contributed by atoms with Crippen LogP contribution in [0.15, 0.2) is 23.3 Å². The van der Waals surface area contributed by atoms with Crippen LogP contribution >= 0.6 is 11.8 Å². The van der Waals surface area contributed by atoms with Crippen molar-refractivity contribution in [1.82, 2.24) is 0 Å².